The number of fused-ring (bicyclic) bond motifs is 3. The molecule has 15 N–H and O–H groups in total. The first-order chi connectivity index (χ1) is 62.3. The number of anilines is 3. The number of hydrogen-bond donors (Lipinski definition) is 11. The maximum absolute atomic E-state index is 11.9. The van der Waals surface area contributed by atoms with E-state index >= 15 is 0 Å². The van der Waals surface area contributed by atoms with Crippen molar-refractivity contribution in [2.75, 3.05) is 84.3 Å². The molecule has 8 unspecified atom stereocenters. The van der Waals surface area contributed by atoms with Gasteiger partial charge in [0.2, 0.25) is 12.1 Å². The Bertz CT molecular complexity index is 5040. The van der Waals surface area contributed by atoms with E-state index in [0.29, 0.717) is 59.8 Å². The summed E-state index contributed by atoms with van der Waals surface area (Å²) in [6, 6.07) is 5.84. The number of hydrogen-bond acceptors (Lipinski definition) is 42. The molecule has 4 aliphatic heterocycles. The predicted octanol–water partition coefficient (Wildman–Crippen LogP) is 6.01. The van der Waals surface area contributed by atoms with E-state index in [-0.39, 0.29) is 128 Å². The molecule has 0 aliphatic carbocycles. The molecule has 4 fully saturated rings. The average molecular weight is 1850 g/mol. The highest BCUT2D eigenvalue weighted by molar-refractivity contribution is 6.03. The summed E-state index contributed by atoms with van der Waals surface area (Å²) in [5, 5.41) is 40.3. The van der Waals surface area contributed by atoms with Gasteiger partial charge in [0.05, 0.1) is 139 Å². The summed E-state index contributed by atoms with van der Waals surface area (Å²) in [5.41, 5.74) is 25.1. The number of nitrogens with two attached hydrogens (primary N) is 4. The molecule has 49 nitrogen and oxygen atoms in total. The number of nitrogen functional groups attached to an aromatic ring is 3. The highest BCUT2D eigenvalue weighted by Crippen LogP contribution is 2.49. The lowest BCUT2D eigenvalue weighted by Gasteiger charge is -2.23. The number of carbonyl (C=O) groups excluding carboxylic acids is 10. The van der Waals surface area contributed by atoms with Crippen LogP contribution in [0.25, 0.3) is 11.0 Å². The van der Waals surface area contributed by atoms with E-state index in [9.17, 15) is 67.6 Å². The number of nitro groups is 1. The van der Waals surface area contributed by atoms with Crippen molar-refractivity contribution in [1.29, 1.82) is 15.8 Å². The van der Waals surface area contributed by atoms with Crippen molar-refractivity contribution >= 4 is 93.8 Å². The molecule has 716 valence electrons. The monoisotopic (exact) mass is 1840 g/mol. The molecule has 4 saturated heterocycles. The van der Waals surface area contributed by atoms with Crippen LogP contribution >= 0.6 is 0 Å². The number of esters is 9. The molecule has 0 spiro atoms. The van der Waals surface area contributed by atoms with Gasteiger partial charge in [-0.15, -0.1) is 0 Å². The van der Waals surface area contributed by atoms with Gasteiger partial charge >= 0.3 is 65.0 Å². The number of allylic oxidation sites excluding steroid dienone is 1. The van der Waals surface area contributed by atoms with Crippen LogP contribution in [-0.4, -0.2) is 237 Å². The normalized spacial score (nSPS) is 17.4. The quantitative estimate of drug-likeness (QED) is 0.00340. The zero-order chi connectivity index (χ0) is 98.7. The number of carbonyl (C=O) groups is 10. The van der Waals surface area contributed by atoms with Crippen molar-refractivity contribution < 1.29 is 133 Å². The summed E-state index contributed by atoms with van der Waals surface area (Å²) in [7, 11) is 2.45. The van der Waals surface area contributed by atoms with Gasteiger partial charge in [0.1, 0.15) is 101 Å². The Balaban J connectivity index is 0.000000506. The van der Waals surface area contributed by atoms with Gasteiger partial charge in [-0.1, -0.05) is 19.0 Å². The largest absolute Gasteiger partial charge is 0.500 e. The molecule has 7 aromatic rings. The Morgan fingerprint density at radius 3 is 1.52 bits per heavy atom. The Kier molecular flexibility index (Phi) is 50.3. The zero-order valence-corrected chi connectivity index (χ0v) is 75.2. The Morgan fingerprint density at radius 2 is 1.10 bits per heavy atom. The van der Waals surface area contributed by atoms with Crippen molar-refractivity contribution in [2.24, 2.45) is 5.73 Å². The van der Waals surface area contributed by atoms with Gasteiger partial charge in [-0.25, -0.2) is 53.1 Å². The second kappa shape index (κ2) is 58.6. The number of nitrogens with zero attached hydrogens (tertiary/aromatic N) is 7. The van der Waals surface area contributed by atoms with E-state index in [1.54, 1.807) is 111 Å². The molecule has 0 amide bonds. The van der Waals surface area contributed by atoms with Crippen molar-refractivity contribution in [2.45, 2.75) is 196 Å². The molecule has 0 aromatic carbocycles. The number of ether oxygens (including phenoxy) is 16. The fourth-order valence-corrected chi connectivity index (χ4v) is 11.3. The van der Waals surface area contributed by atoms with Gasteiger partial charge in [-0.05, 0) is 115 Å². The summed E-state index contributed by atoms with van der Waals surface area (Å²) in [4.78, 5) is 165. The first-order valence-corrected chi connectivity index (χ1v) is 40.2. The average Bonchev–Trinajstić information content (AvgIpc) is 1.60. The second-order valence-electron chi connectivity index (χ2n) is 26.6. The van der Waals surface area contributed by atoms with E-state index in [4.69, 9.17) is 81.4 Å². The molecular formula is C82H112N18O31. The summed E-state index contributed by atoms with van der Waals surface area (Å²) in [5.74, 6) is -7.00. The van der Waals surface area contributed by atoms with E-state index < -0.39 is 93.6 Å². The standard InChI is InChI=1S/C16H24N2O5.C15H19N3O4.C10H14N2O4.C8H10N2O4.C8H11NO3.C7H10N2O2.C7H13NO4.C5H5N3O3.2C3H3NO/c1-5-9-13-14(23-16(3,4)22-13)12(21-9)8-7-18-11(10(8)17)15(19)20-6-2;1-4-8-12-13(22-15(2,3)21-12)11(20-8)7-5-16-10-9(7)17-6-18-14(10)19;1-3-15-9(13)8(10(14)16-4-2)12-7-5-6-11;1-13-7(11)4-3-10-6(5(4)9)8(12)14-2;1-3-11-6-7(5-9)8(10)12-4-2;1-2-11-7(10)6-5(8)3-4-9-6;1-3-11-6(9)5(8)7(10)12-4-2;1-3-4(8(10)11)5(9)7-2-6-3;1-2-4-5-3-1;4-2-1-3-5/h7,9,12-14,18H,5-6,17H2,1-4H3;5-6,8,11-13,16H,4H2,1-3H3,(H,17,18,19);5,7-8,12H,3-4H2,1-2H3;3,10H,9H2,1-2H3;6H,3-4H2,1-2H3;3-4,9H,2,8H2,1H3;5H,3-4,8H2,1-2H3;2H,1H3,(H,6,7,9);1-3H;3H,1H2. The lowest BCUT2D eigenvalue weighted by molar-refractivity contribution is -0.387. The maximum atomic E-state index is 11.9. The first kappa shape index (κ1) is 112. The molecule has 7 aromatic heterocycles. The summed E-state index contributed by atoms with van der Waals surface area (Å²) in [6.07, 6.45) is 16.2. The lowest BCUT2D eigenvalue weighted by atomic mass is 10.0. The number of aromatic amines is 6. The maximum Gasteiger partial charge on any atom is 0.356 e. The summed E-state index contributed by atoms with van der Waals surface area (Å²) >= 11 is 0. The summed E-state index contributed by atoms with van der Waals surface area (Å²) in [6.45, 7) is 28.6. The van der Waals surface area contributed by atoms with Crippen LogP contribution in [0.4, 0.5) is 22.7 Å². The predicted molar refractivity (Wildman–Crippen MR) is 458 cm³/mol. The molecule has 11 heterocycles. The molecule has 49 heteroatoms. The molecule has 8 atom stereocenters. The number of aldehydes is 1. The number of aryl methyl sites for hydroxylation is 1. The molecule has 131 heavy (non-hydrogen) atoms. The molecule has 0 radical (unpaired) electrons. The molecule has 11 rings (SSSR count). The highest BCUT2D eigenvalue weighted by Gasteiger charge is 2.57. The van der Waals surface area contributed by atoms with Gasteiger partial charge in [-0.2, -0.15) is 15.8 Å². The SMILES string of the molecule is CCC1OC(c2c[nH]c3c(=O)[nH]cnc23)C2OC(C)(C)OC12.CCOC(=O)C(N)C(=O)OCC.CCOC(=O)C(NC=CC#N)C(=O)OCC.CCOC(=O)c1[nH]cc(C2OC(CC)C3OC(C)(C)OC23)c1N.CCOC(=O)c1[nH]ccc1N.CCOC=C(C#N)C(=O)OCC.COC(=O)c1c[nH]c(C(=O)OC)c1N.Cc1nc[nH]c(=O)c1[N+](=O)[O-].N#CCC=O.c1cnoc1. The van der Waals surface area contributed by atoms with Crippen molar-refractivity contribution in [3.63, 3.8) is 0 Å². The Morgan fingerprint density at radius 1 is 0.611 bits per heavy atom. The number of rotatable bonds is 26. The van der Waals surface area contributed by atoms with Crippen LogP contribution in [0.3, 0.4) is 0 Å². The van der Waals surface area contributed by atoms with Gasteiger partial charge in [0.15, 0.2) is 17.1 Å². The molecule has 4 aliphatic rings. The van der Waals surface area contributed by atoms with Crippen LogP contribution in [0.5, 0.6) is 0 Å². The van der Waals surface area contributed by atoms with E-state index in [1.165, 1.54) is 46.1 Å². The Labute approximate surface area is 750 Å². The number of H-pyrrole nitrogens is 6. The van der Waals surface area contributed by atoms with Gasteiger partial charge in [-0.3, -0.25) is 19.7 Å². The lowest BCUT2D eigenvalue weighted by Crippen LogP contribution is -2.43. The van der Waals surface area contributed by atoms with Gasteiger partial charge in [0, 0.05) is 48.2 Å². The van der Waals surface area contributed by atoms with Crippen LogP contribution in [0, 0.1) is 51.0 Å². The van der Waals surface area contributed by atoms with Crippen LogP contribution in [0.2, 0.25) is 0 Å². The summed E-state index contributed by atoms with van der Waals surface area (Å²) < 4.78 is 86.9. The molecule has 0 bridgehead atoms. The molecule has 0 saturated carbocycles. The number of aromatic nitrogens is 9. The van der Waals surface area contributed by atoms with Crippen molar-refractivity contribution in [1.82, 2.24) is 50.3 Å². The Hall–Kier alpha value is -14.7. The number of nitriles is 3. The van der Waals surface area contributed by atoms with E-state index in [1.807, 2.05) is 34.6 Å². The van der Waals surface area contributed by atoms with E-state index in [0.717, 1.165) is 37.1 Å². The highest BCUT2D eigenvalue weighted by atomic mass is 16.8. The minimum atomic E-state index is -1.31. The van der Waals surface area contributed by atoms with Crippen LogP contribution < -0.4 is 39.4 Å². The third-order valence-corrected chi connectivity index (χ3v) is 16.9. The minimum absolute atomic E-state index is 0.0139. The van der Waals surface area contributed by atoms with Crippen LogP contribution in [0.15, 0.2) is 100 Å². The second-order valence-corrected chi connectivity index (χ2v) is 26.6. The third kappa shape index (κ3) is 35.1. The fraction of sp³-hybridized carbons (Fsp3) is 0.488. The zero-order valence-electron chi connectivity index (χ0n) is 75.2. The smallest absolute Gasteiger partial charge is 0.356 e. The fourth-order valence-electron chi connectivity index (χ4n) is 11.3. The minimum Gasteiger partial charge on any atom is -0.500 e. The van der Waals surface area contributed by atoms with Gasteiger partial charge in [0.25, 0.3) is 5.56 Å². The number of methoxy groups -OCH3 is 2. The third-order valence-electron chi connectivity index (χ3n) is 16.9. The van der Waals surface area contributed by atoms with Crippen molar-refractivity contribution in [3.05, 3.63) is 156 Å². The van der Waals surface area contributed by atoms with Crippen LogP contribution in [-0.2, 0) is 105 Å². The number of nitrogens with one attached hydrogen (secondary N) is 7. The van der Waals surface area contributed by atoms with E-state index in [2.05, 4.69) is 95.0 Å². The topological polar surface area (TPSA) is 730 Å². The molecular weight excluding hydrogens is 1730 g/mol. The van der Waals surface area contributed by atoms with Gasteiger partial charge < -0.3 is 143 Å². The first-order valence-electron chi connectivity index (χ1n) is 40.2. The van der Waals surface area contributed by atoms with Crippen molar-refractivity contribution in [3.8, 4) is 18.2 Å². The van der Waals surface area contributed by atoms with Crippen LogP contribution in [0.1, 0.15) is 187 Å².